The van der Waals surface area contributed by atoms with Crippen molar-refractivity contribution in [3.8, 4) is 0 Å². The molecule has 0 bridgehead atoms. The average Bonchev–Trinajstić information content (AvgIpc) is 2.94. The number of carbonyl (C=O) groups is 1. The van der Waals surface area contributed by atoms with Crippen LogP contribution in [-0.2, 0) is 6.42 Å². The van der Waals surface area contributed by atoms with E-state index >= 15 is 0 Å². The van der Waals surface area contributed by atoms with E-state index in [0.717, 1.165) is 22.4 Å². The molecule has 0 saturated heterocycles. The Morgan fingerprint density at radius 1 is 1.05 bits per heavy atom. The van der Waals surface area contributed by atoms with Crippen LogP contribution < -0.4 is 0 Å². The van der Waals surface area contributed by atoms with Crippen molar-refractivity contribution < 1.29 is 4.79 Å². The summed E-state index contributed by atoms with van der Waals surface area (Å²) in [7, 11) is 0. The van der Waals surface area contributed by atoms with Crippen LogP contribution in [0.1, 0.15) is 77.7 Å². The molecule has 1 nitrogen and oxygen atoms in total. The van der Waals surface area contributed by atoms with E-state index < -0.39 is 0 Å². The lowest BCUT2D eigenvalue weighted by Gasteiger charge is -2.15. The highest BCUT2D eigenvalue weighted by Gasteiger charge is 2.18. The van der Waals surface area contributed by atoms with Crippen molar-refractivity contribution in [3.05, 3.63) is 56.8 Å². The van der Waals surface area contributed by atoms with Crippen LogP contribution in [0.4, 0.5) is 0 Å². The lowest BCUT2D eigenvalue weighted by atomic mass is 9.89. The fourth-order valence-corrected chi connectivity index (χ4v) is 3.35. The first kappa shape index (κ1) is 16.0. The number of carbonyl (C=O) groups excluding carboxylic acids is 1. The summed E-state index contributed by atoms with van der Waals surface area (Å²) < 4.78 is 0. The second kappa shape index (κ2) is 6.57. The Morgan fingerprint density at radius 3 is 2.29 bits per heavy atom. The van der Waals surface area contributed by atoms with Gasteiger partial charge in [0.25, 0.3) is 0 Å². The number of aryl methyl sites for hydroxylation is 1. The van der Waals surface area contributed by atoms with Gasteiger partial charge in [0.1, 0.15) is 0 Å². The molecule has 0 aliphatic rings. The van der Waals surface area contributed by atoms with Crippen molar-refractivity contribution in [2.75, 3.05) is 0 Å². The van der Waals surface area contributed by atoms with E-state index in [-0.39, 0.29) is 5.78 Å². The molecule has 1 heterocycles. The number of benzene rings is 1. The van der Waals surface area contributed by atoms with Crippen molar-refractivity contribution in [2.45, 2.75) is 52.9 Å². The third-order valence-corrected chi connectivity index (χ3v) is 5.07. The van der Waals surface area contributed by atoms with Gasteiger partial charge in [-0.2, -0.15) is 0 Å². The molecule has 0 fully saturated rings. The van der Waals surface area contributed by atoms with Gasteiger partial charge in [-0.3, -0.25) is 4.79 Å². The molecule has 0 unspecified atom stereocenters. The van der Waals surface area contributed by atoms with Crippen molar-refractivity contribution in [1.82, 2.24) is 0 Å². The van der Waals surface area contributed by atoms with E-state index in [4.69, 9.17) is 0 Å². The van der Waals surface area contributed by atoms with Gasteiger partial charge in [-0.15, -0.1) is 11.3 Å². The molecule has 0 atom stereocenters. The van der Waals surface area contributed by atoms with Gasteiger partial charge in [-0.05, 0) is 41.5 Å². The van der Waals surface area contributed by atoms with Crippen LogP contribution in [0.2, 0.25) is 0 Å². The zero-order valence-electron chi connectivity index (χ0n) is 13.6. The summed E-state index contributed by atoms with van der Waals surface area (Å²) in [4.78, 5) is 14.9. The lowest BCUT2D eigenvalue weighted by Crippen LogP contribution is -2.06. The Hall–Kier alpha value is -1.41. The molecule has 0 aliphatic carbocycles. The Morgan fingerprint density at radius 2 is 1.76 bits per heavy atom. The maximum Gasteiger partial charge on any atom is 0.203 e. The van der Waals surface area contributed by atoms with Crippen LogP contribution in [0, 0.1) is 0 Å². The minimum absolute atomic E-state index is 0.165. The van der Waals surface area contributed by atoms with E-state index in [9.17, 15) is 4.79 Å². The Balaban J connectivity index is 2.44. The largest absolute Gasteiger partial charge is 0.288 e. The summed E-state index contributed by atoms with van der Waals surface area (Å²) >= 11 is 1.62. The number of ketones is 1. The van der Waals surface area contributed by atoms with Gasteiger partial charge in [-0.1, -0.05) is 52.8 Å². The number of rotatable bonds is 5. The molecular weight excluding hydrogens is 276 g/mol. The fraction of sp³-hybridized carbons (Fsp3) is 0.421. The van der Waals surface area contributed by atoms with Crippen molar-refractivity contribution in [1.29, 1.82) is 0 Å². The second-order valence-electron chi connectivity index (χ2n) is 6.10. The SMILES string of the molecule is CCc1ccc(C(=O)c2ccc(C(C)C)cc2C(C)C)s1. The molecule has 1 aromatic carbocycles. The van der Waals surface area contributed by atoms with E-state index in [1.807, 2.05) is 12.1 Å². The number of thiophene rings is 1. The molecule has 1 aromatic heterocycles. The first-order valence-corrected chi connectivity index (χ1v) is 8.52. The summed E-state index contributed by atoms with van der Waals surface area (Å²) in [5, 5.41) is 0. The summed E-state index contributed by atoms with van der Waals surface area (Å²) in [5.41, 5.74) is 3.33. The van der Waals surface area contributed by atoms with Crippen LogP contribution in [0.3, 0.4) is 0 Å². The normalized spacial score (nSPS) is 11.4. The molecule has 21 heavy (non-hydrogen) atoms. The molecule has 112 valence electrons. The molecule has 0 radical (unpaired) electrons. The molecule has 2 heteroatoms. The number of hydrogen-bond donors (Lipinski definition) is 0. The van der Waals surface area contributed by atoms with Crippen LogP contribution in [0.25, 0.3) is 0 Å². The summed E-state index contributed by atoms with van der Waals surface area (Å²) in [6.45, 7) is 10.8. The highest BCUT2D eigenvalue weighted by Crippen LogP contribution is 2.28. The van der Waals surface area contributed by atoms with E-state index in [0.29, 0.717) is 11.8 Å². The molecular formula is C19H24OS. The molecule has 0 saturated carbocycles. The predicted octanol–water partition coefficient (Wildman–Crippen LogP) is 5.79. The first-order valence-electron chi connectivity index (χ1n) is 7.71. The van der Waals surface area contributed by atoms with Crippen LogP contribution in [0.5, 0.6) is 0 Å². The van der Waals surface area contributed by atoms with Crippen molar-refractivity contribution in [3.63, 3.8) is 0 Å². The Bertz CT molecular complexity index is 635. The van der Waals surface area contributed by atoms with Gasteiger partial charge < -0.3 is 0 Å². The van der Waals surface area contributed by atoms with Gasteiger partial charge in [0.15, 0.2) is 0 Å². The molecule has 0 spiro atoms. The topological polar surface area (TPSA) is 17.1 Å². The van der Waals surface area contributed by atoms with Crippen molar-refractivity contribution in [2.24, 2.45) is 0 Å². The smallest absolute Gasteiger partial charge is 0.203 e. The lowest BCUT2D eigenvalue weighted by molar-refractivity contribution is 0.104. The minimum Gasteiger partial charge on any atom is -0.288 e. The standard InChI is InChI=1S/C19H24OS/c1-6-15-8-10-18(21-15)19(20)16-9-7-14(12(2)3)11-17(16)13(4)5/h7-13H,6H2,1-5H3. The summed E-state index contributed by atoms with van der Waals surface area (Å²) in [6.07, 6.45) is 0.987. The van der Waals surface area contributed by atoms with E-state index in [2.05, 4.69) is 52.8 Å². The maximum atomic E-state index is 12.8. The van der Waals surface area contributed by atoms with Crippen LogP contribution in [0.15, 0.2) is 30.3 Å². The summed E-state index contributed by atoms with van der Waals surface area (Å²) in [5.74, 6) is 1.01. The Labute approximate surface area is 132 Å². The quantitative estimate of drug-likeness (QED) is 0.639. The third kappa shape index (κ3) is 3.44. The van der Waals surface area contributed by atoms with Crippen LogP contribution >= 0.6 is 11.3 Å². The zero-order valence-corrected chi connectivity index (χ0v) is 14.4. The van der Waals surface area contributed by atoms with E-state index in [1.165, 1.54) is 10.4 Å². The molecule has 0 aliphatic heterocycles. The maximum absolute atomic E-state index is 12.8. The van der Waals surface area contributed by atoms with Gasteiger partial charge >= 0.3 is 0 Å². The highest BCUT2D eigenvalue weighted by atomic mass is 32.1. The molecule has 0 amide bonds. The first-order chi connectivity index (χ1) is 9.93. The zero-order chi connectivity index (χ0) is 15.6. The van der Waals surface area contributed by atoms with Crippen molar-refractivity contribution >= 4 is 17.1 Å². The molecule has 0 N–H and O–H groups in total. The average molecular weight is 300 g/mol. The molecule has 2 aromatic rings. The Kier molecular flexibility index (Phi) is 5.00. The monoisotopic (exact) mass is 300 g/mol. The minimum atomic E-state index is 0.165. The van der Waals surface area contributed by atoms with Gasteiger partial charge in [0, 0.05) is 10.4 Å². The fourth-order valence-electron chi connectivity index (χ4n) is 2.45. The van der Waals surface area contributed by atoms with Gasteiger partial charge in [0.05, 0.1) is 4.88 Å². The van der Waals surface area contributed by atoms with E-state index in [1.54, 1.807) is 11.3 Å². The van der Waals surface area contributed by atoms with Gasteiger partial charge in [-0.25, -0.2) is 0 Å². The third-order valence-electron chi connectivity index (χ3n) is 3.84. The van der Waals surface area contributed by atoms with Gasteiger partial charge in [0.2, 0.25) is 5.78 Å². The van der Waals surface area contributed by atoms with Crippen LogP contribution in [-0.4, -0.2) is 5.78 Å². The highest BCUT2D eigenvalue weighted by molar-refractivity contribution is 7.14. The summed E-state index contributed by atoms with van der Waals surface area (Å²) in [6, 6.07) is 10.3. The number of hydrogen-bond acceptors (Lipinski definition) is 2. The molecule has 2 rings (SSSR count). The predicted molar refractivity (Wildman–Crippen MR) is 91.7 cm³/mol. The second-order valence-corrected chi connectivity index (χ2v) is 7.27.